The van der Waals surface area contributed by atoms with Crippen LogP contribution in [0.1, 0.15) is 20.3 Å². The summed E-state index contributed by atoms with van der Waals surface area (Å²) in [4.78, 5) is 26.0. The fourth-order valence-corrected chi connectivity index (χ4v) is 5.34. The largest absolute Gasteiger partial charge is 0.457 e. The molecule has 2 unspecified atom stereocenters. The molecule has 7 nitrogen and oxygen atoms in total. The van der Waals surface area contributed by atoms with Gasteiger partial charge in [0.25, 0.3) is 0 Å². The fourth-order valence-electron chi connectivity index (χ4n) is 2.40. The quantitative estimate of drug-likeness (QED) is 0.167. The number of rotatable bonds is 8. The Labute approximate surface area is 148 Å². The molecular formula is C15H20N2O5S2. The molecule has 2 N–H and O–H groups in total. The number of amides is 1. The van der Waals surface area contributed by atoms with Gasteiger partial charge in [-0.1, -0.05) is 36.5 Å². The maximum atomic E-state index is 12.3. The molecule has 132 valence electrons. The number of aliphatic hydroxyl groups excluding tert-OH is 1. The van der Waals surface area contributed by atoms with E-state index in [1.807, 2.05) is 6.92 Å². The zero-order valence-corrected chi connectivity index (χ0v) is 15.1. The lowest BCUT2D eigenvalue weighted by Gasteiger charge is -2.43. The number of esters is 1. The highest BCUT2D eigenvalue weighted by molar-refractivity contribution is 8.23. The lowest BCUT2D eigenvalue weighted by atomic mass is 9.92. The summed E-state index contributed by atoms with van der Waals surface area (Å²) in [7, 11) is 0. The number of hydrogen-bond donors (Lipinski definition) is 2. The van der Waals surface area contributed by atoms with Crippen molar-refractivity contribution in [3.8, 4) is 0 Å². The van der Waals surface area contributed by atoms with Crippen molar-refractivity contribution in [2.45, 2.75) is 31.7 Å². The molecular weight excluding hydrogens is 352 g/mol. The van der Waals surface area contributed by atoms with Crippen LogP contribution >= 0.6 is 23.5 Å². The number of β-lactam (4-membered cyclic amide) rings is 1. The summed E-state index contributed by atoms with van der Waals surface area (Å²) in [5.41, 5.74) is 0.784. The van der Waals surface area contributed by atoms with Crippen LogP contribution in [0.4, 0.5) is 0 Å². The molecule has 2 aliphatic heterocycles. The second-order valence-electron chi connectivity index (χ2n) is 5.31. The normalized spacial score (nSPS) is 24.5. The standard InChI is InChI=1S/C15H20N2O5S2/c1-4-6-22-14(20)11-15(23-7-9(5-2)16-21)24-13-10(8(3)18)12(19)17(11)13/h4,8,10,13,18,21H,1,5-7H2,2-3H3/t8?,10?,13-/m1/s1. The van der Waals surface area contributed by atoms with Gasteiger partial charge in [0.2, 0.25) is 5.91 Å². The van der Waals surface area contributed by atoms with E-state index >= 15 is 0 Å². The zero-order chi connectivity index (χ0) is 17.9. The van der Waals surface area contributed by atoms with Crippen LogP contribution in [0.5, 0.6) is 0 Å². The molecule has 2 heterocycles. The summed E-state index contributed by atoms with van der Waals surface area (Å²) in [6, 6.07) is 0. The van der Waals surface area contributed by atoms with Crippen molar-refractivity contribution in [1.82, 2.24) is 4.90 Å². The van der Waals surface area contributed by atoms with Crippen molar-refractivity contribution < 1.29 is 24.6 Å². The van der Waals surface area contributed by atoms with Crippen LogP contribution in [0.3, 0.4) is 0 Å². The average Bonchev–Trinajstić information content (AvgIpc) is 2.87. The van der Waals surface area contributed by atoms with Gasteiger partial charge in [-0.25, -0.2) is 4.79 Å². The molecule has 2 aliphatic rings. The zero-order valence-electron chi connectivity index (χ0n) is 13.5. The summed E-state index contributed by atoms with van der Waals surface area (Å²) in [5, 5.41) is 21.6. The van der Waals surface area contributed by atoms with Crippen LogP contribution in [0.15, 0.2) is 27.7 Å². The number of oxime groups is 1. The third kappa shape index (κ3) is 3.47. The van der Waals surface area contributed by atoms with Crippen molar-refractivity contribution in [3.63, 3.8) is 0 Å². The molecule has 1 saturated heterocycles. The number of carbonyl (C=O) groups excluding carboxylic acids is 2. The molecule has 0 aromatic carbocycles. The van der Waals surface area contributed by atoms with Crippen LogP contribution in [-0.2, 0) is 14.3 Å². The van der Waals surface area contributed by atoms with E-state index in [2.05, 4.69) is 11.7 Å². The van der Waals surface area contributed by atoms with Crippen molar-refractivity contribution in [2.24, 2.45) is 11.1 Å². The molecule has 2 rings (SSSR count). The number of fused-ring (bicyclic) bond motifs is 1. The summed E-state index contributed by atoms with van der Waals surface area (Å²) in [6.45, 7) is 6.98. The second kappa shape index (κ2) is 8.09. The minimum atomic E-state index is -0.786. The van der Waals surface area contributed by atoms with Crippen LogP contribution in [0, 0.1) is 5.92 Å². The number of aliphatic hydroxyl groups is 1. The van der Waals surface area contributed by atoms with Crippen LogP contribution in [0.2, 0.25) is 0 Å². The Hall–Kier alpha value is -1.45. The smallest absolute Gasteiger partial charge is 0.357 e. The molecule has 1 fully saturated rings. The first-order valence-electron chi connectivity index (χ1n) is 7.48. The Bertz CT molecular complexity index is 603. The van der Waals surface area contributed by atoms with Gasteiger partial charge < -0.3 is 15.1 Å². The summed E-state index contributed by atoms with van der Waals surface area (Å²) in [5.74, 6) is -1.01. The third-order valence-electron chi connectivity index (χ3n) is 3.71. The first kappa shape index (κ1) is 18.9. The molecule has 0 saturated carbocycles. The highest BCUT2D eigenvalue weighted by atomic mass is 32.2. The Morgan fingerprint density at radius 3 is 2.88 bits per heavy atom. The van der Waals surface area contributed by atoms with Crippen LogP contribution in [0.25, 0.3) is 0 Å². The highest BCUT2D eigenvalue weighted by Gasteiger charge is 2.58. The Morgan fingerprint density at radius 2 is 2.33 bits per heavy atom. The van der Waals surface area contributed by atoms with Gasteiger partial charge in [0.05, 0.1) is 22.0 Å². The molecule has 0 radical (unpaired) electrons. The molecule has 0 bridgehead atoms. The Balaban J connectivity index is 2.21. The van der Waals surface area contributed by atoms with E-state index in [9.17, 15) is 14.7 Å². The second-order valence-corrected chi connectivity index (χ2v) is 7.69. The van der Waals surface area contributed by atoms with Gasteiger partial charge in [-0.2, -0.15) is 0 Å². The van der Waals surface area contributed by atoms with E-state index in [0.717, 1.165) is 0 Å². The molecule has 3 atom stereocenters. The summed E-state index contributed by atoms with van der Waals surface area (Å²) < 4.78 is 5.72. The number of nitrogens with zero attached hydrogens (tertiary/aromatic N) is 2. The summed E-state index contributed by atoms with van der Waals surface area (Å²) in [6.07, 6.45) is 1.25. The molecule has 0 spiro atoms. The van der Waals surface area contributed by atoms with Crippen LogP contribution in [-0.4, -0.2) is 56.6 Å². The minimum Gasteiger partial charge on any atom is -0.457 e. The van der Waals surface area contributed by atoms with Gasteiger partial charge in [-0.05, 0) is 13.3 Å². The number of ether oxygens (including phenoxy) is 1. The van der Waals surface area contributed by atoms with E-state index in [0.29, 0.717) is 22.1 Å². The fraction of sp³-hybridized carbons (Fsp3) is 0.533. The lowest BCUT2D eigenvalue weighted by molar-refractivity contribution is -0.157. The van der Waals surface area contributed by atoms with Crippen molar-refractivity contribution in [3.05, 3.63) is 22.6 Å². The Morgan fingerprint density at radius 1 is 1.62 bits per heavy atom. The topological polar surface area (TPSA) is 99.4 Å². The predicted molar refractivity (Wildman–Crippen MR) is 93.5 cm³/mol. The van der Waals surface area contributed by atoms with Gasteiger partial charge in [-0.3, -0.25) is 9.69 Å². The van der Waals surface area contributed by atoms with Gasteiger partial charge in [-0.15, -0.1) is 11.8 Å². The monoisotopic (exact) mass is 372 g/mol. The van der Waals surface area contributed by atoms with Crippen molar-refractivity contribution in [2.75, 3.05) is 12.4 Å². The van der Waals surface area contributed by atoms with Gasteiger partial charge in [0, 0.05) is 5.75 Å². The molecule has 24 heavy (non-hydrogen) atoms. The van der Waals surface area contributed by atoms with Crippen LogP contribution < -0.4 is 0 Å². The average molecular weight is 372 g/mol. The van der Waals surface area contributed by atoms with E-state index in [4.69, 9.17) is 9.94 Å². The predicted octanol–water partition coefficient (Wildman–Crippen LogP) is 1.77. The SMILES string of the molecule is C=CCOC(=O)C1=C(SCC(CC)=NO)S[C@@H]2C(C(C)O)C(=O)N12. The van der Waals surface area contributed by atoms with E-state index in [1.54, 1.807) is 6.92 Å². The van der Waals surface area contributed by atoms with Gasteiger partial charge in [0.15, 0.2) is 5.70 Å². The molecule has 9 heteroatoms. The maximum Gasteiger partial charge on any atom is 0.357 e. The van der Waals surface area contributed by atoms with Gasteiger partial charge >= 0.3 is 5.97 Å². The number of hydrogen-bond acceptors (Lipinski definition) is 8. The summed E-state index contributed by atoms with van der Waals surface area (Å²) >= 11 is 2.68. The lowest BCUT2D eigenvalue weighted by Crippen LogP contribution is -2.60. The number of thioether (sulfide) groups is 2. The Kier molecular flexibility index (Phi) is 6.36. The highest BCUT2D eigenvalue weighted by Crippen LogP contribution is 2.53. The van der Waals surface area contributed by atoms with Crippen molar-refractivity contribution >= 4 is 41.1 Å². The van der Waals surface area contributed by atoms with E-state index in [-0.39, 0.29) is 23.6 Å². The van der Waals surface area contributed by atoms with E-state index in [1.165, 1.54) is 34.5 Å². The number of carbonyl (C=O) groups is 2. The van der Waals surface area contributed by atoms with Gasteiger partial charge in [0.1, 0.15) is 12.0 Å². The van der Waals surface area contributed by atoms with E-state index < -0.39 is 18.0 Å². The first-order chi connectivity index (χ1) is 11.5. The molecule has 0 aromatic heterocycles. The maximum absolute atomic E-state index is 12.3. The van der Waals surface area contributed by atoms with Crippen molar-refractivity contribution in [1.29, 1.82) is 0 Å². The third-order valence-corrected chi connectivity index (χ3v) is 6.44. The first-order valence-corrected chi connectivity index (χ1v) is 9.35. The molecule has 0 aliphatic carbocycles. The molecule has 0 aromatic rings. The molecule has 1 amide bonds. The minimum absolute atomic E-state index is 0.0514.